The number of halogens is 1. The zero-order valence-corrected chi connectivity index (χ0v) is 17.7. The van der Waals surface area contributed by atoms with Crippen LogP contribution in [0.3, 0.4) is 0 Å². The Morgan fingerprint density at radius 2 is 2.14 bits per heavy atom. The van der Waals surface area contributed by atoms with E-state index in [1.165, 1.54) is 11.3 Å². The van der Waals surface area contributed by atoms with Gasteiger partial charge < -0.3 is 18.9 Å². The highest BCUT2D eigenvalue weighted by atomic mass is 35.5. The Balaban J connectivity index is 1.79. The molecule has 1 fully saturated rings. The molecule has 1 saturated heterocycles. The second-order valence-electron chi connectivity index (χ2n) is 6.67. The lowest BCUT2D eigenvalue weighted by atomic mass is 10.3. The Morgan fingerprint density at radius 3 is 2.89 bits per heavy atom. The molecule has 0 atom stereocenters. The van der Waals surface area contributed by atoms with Gasteiger partial charge in [-0.25, -0.2) is 4.99 Å². The normalized spacial score (nSPS) is 15.7. The van der Waals surface area contributed by atoms with E-state index in [1.54, 1.807) is 4.90 Å². The average molecular weight is 425 g/mol. The van der Waals surface area contributed by atoms with Crippen LogP contribution >= 0.6 is 22.9 Å². The number of ether oxygens (including phenoxy) is 2. The van der Waals surface area contributed by atoms with Gasteiger partial charge in [0.05, 0.1) is 43.5 Å². The van der Waals surface area contributed by atoms with E-state index in [0.717, 1.165) is 62.0 Å². The standard InChI is InChI=1S/C20H26ClN3O3S/c1-2-27-19(25)14-16-15-28-20(22-18-7-4-3-6-17(18)21)24(16)9-5-8-23-10-12-26-13-11-23/h3-4,6-7,15H,2,5,8-14H2,1H3/p+1. The zero-order valence-electron chi connectivity index (χ0n) is 16.2. The predicted octanol–water partition coefficient (Wildman–Crippen LogP) is 1.85. The van der Waals surface area contributed by atoms with Gasteiger partial charge in [-0.1, -0.05) is 23.7 Å². The summed E-state index contributed by atoms with van der Waals surface area (Å²) >= 11 is 7.81. The minimum Gasteiger partial charge on any atom is -0.466 e. The molecule has 0 spiro atoms. The van der Waals surface area contributed by atoms with Crippen molar-refractivity contribution in [2.75, 3.05) is 39.5 Å². The van der Waals surface area contributed by atoms with Crippen LogP contribution in [0.4, 0.5) is 5.69 Å². The Hall–Kier alpha value is -1.67. The maximum atomic E-state index is 12.0. The maximum Gasteiger partial charge on any atom is 0.311 e. The number of carbonyl (C=O) groups is 1. The molecule has 1 aliphatic heterocycles. The number of thiazole rings is 1. The number of hydrogen-bond acceptors (Lipinski definition) is 5. The first-order chi connectivity index (χ1) is 13.7. The smallest absolute Gasteiger partial charge is 0.311 e. The van der Waals surface area contributed by atoms with Crippen LogP contribution in [0.25, 0.3) is 0 Å². The molecule has 2 heterocycles. The van der Waals surface area contributed by atoms with Gasteiger partial charge >= 0.3 is 5.97 Å². The number of hydrogen-bond donors (Lipinski definition) is 1. The van der Waals surface area contributed by atoms with Gasteiger partial charge in [-0.3, -0.25) is 4.79 Å². The molecule has 1 N–H and O–H groups in total. The summed E-state index contributed by atoms with van der Waals surface area (Å²) in [6.45, 7) is 7.89. The van der Waals surface area contributed by atoms with Crippen LogP contribution in [-0.4, -0.2) is 50.0 Å². The van der Waals surface area contributed by atoms with Crippen molar-refractivity contribution in [2.45, 2.75) is 26.3 Å². The lowest BCUT2D eigenvalue weighted by Gasteiger charge is -2.23. The van der Waals surface area contributed by atoms with E-state index in [9.17, 15) is 4.79 Å². The molecule has 0 unspecified atom stereocenters. The number of morpholine rings is 1. The van der Waals surface area contributed by atoms with Gasteiger partial charge in [-0.05, 0) is 19.1 Å². The molecule has 2 aromatic rings. The first-order valence-electron chi connectivity index (χ1n) is 9.70. The van der Waals surface area contributed by atoms with Gasteiger partial charge in [0.25, 0.3) is 0 Å². The third-order valence-corrected chi connectivity index (χ3v) is 5.92. The van der Waals surface area contributed by atoms with Gasteiger partial charge in [0.2, 0.25) is 0 Å². The van der Waals surface area contributed by atoms with Gasteiger partial charge in [-0.15, -0.1) is 11.3 Å². The minimum atomic E-state index is -0.211. The summed E-state index contributed by atoms with van der Waals surface area (Å²) in [7, 11) is 0. The zero-order chi connectivity index (χ0) is 19.8. The van der Waals surface area contributed by atoms with Crippen molar-refractivity contribution in [3.63, 3.8) is 0 Å². The lowest BCUT2D eigenvalue weighted by Crippen LogP contribution is -3.14. The molecule has 1 aliphatic rings. The van der Waals surface area contributed by atoms with Crippen LogP contribution in [0.5, 0.6) is 0 Å². The highest BCUT2D eigenvalue weighted by molar-refractivity contribution is 7.07. The number of nitrogens with zero attached hydrogens (tertiary/aromatic N) is 2. The highest BCUT2D eigenvalue weighted by Crippen LogP contribution is 2.23. The van der Waals surface area contributed by atoms with E-state index in [4.69, 9.17) is 26.1 Å². The van der Waals surface area contributed by atoms with Crippen molar-refractivity contribution in [3.8, 4) is 0 Å². The lowest BCUT2D eigenvalue weighted by molar-refractivity contribution is -0.908. The maximum absolute atomic E-state index is 12.0. The van der Waals surface area contributed by atoms with Crippen molar-refractivity contribution in [1.29, 1.82) is 0 Å². The molecule has 3 rings (SSSR count). The van der Waals surface area contributed by atoms with E-state index in [-0.39, 0.29) is 12.4 Å². The third kappa shape index (κ3) is 5.91. The number of quaternary nitrogens is 1. The second kappa shape index (κ2) is 10.8. The summed E-state index contributed by atoms with van der Waals surface area (Å²) in [5, 5.41) is 2.61. The first-order valence-corrected chi connectivity index (χ1v) is 11.0. The number of aromatic nitrogens is 1. The monoisotopic (exact) mass is 424 g/mol. The fraction of sp³-hybridized carbons (Fsp3) is 0.500. The van der Waals surface area contributed by atoms with Crippen molar-refractivity contribution in [2.24, 2.45) is 4.99 Å². The van der Waals surface area contributed by atoms with Gasteiger partial charge in [0.1, 0.15) is 13.1 Å². The number of nitrogens with one attached hydrogen (secondary N) is 1. The van der Waals surface area contributed by atoms with Gasteiger partial charge in [-0.2, -0.15) is 0 Å². The molecule has 0 amide bonds. The summed E-state index contributed by atoms with van der Waals surface area (Å²) in [5.41, 5.74) is 1.67. The van der Waals surface area contributed by atoms with Crippen LogP contribution < -0.4 is 9.70 Å². The summed E-state index contributed by atoms with van der Waals surface area (Å²) in [6.07, 6.45) is 1.27. The van der Waals surface area contributed by atoms with Crippen LogP contribution in [0, 0.1) is 0 Å². The fourth-order valence-corrected chi connectivity index (χ4v) is 4.35. The van der Waals surface area contributed by atoms with Crippen molar-refractivity contribution >= 4 is 34.6 Å². The van der Waals surface area contributed by atoms with Crippen molar-refractivity contribution in [1.82, 2.24) is 4.57 Å². The quantitative estimate of drug-likeness (QED) is 0.658. The molecule has 6 nitrogen and oxygen atoms in total. The van der Waals surface area contributed by atoms with Crippen LogP contribution in [-0.2, 0) is 27.2 Å². The molecule has 0 radical (unpaired) electrons. The Morgan fingerprint density at radius 1 is 1.36 bits per heavy atom. The second-order valence-corrected chi connectivity index (χ2v) is 7.92. The Bertz CT molecular complexity index is 843. The van der Waals surface area contributed by atoms with Crippen molar-refractivity contribution in [3.05, 3.63) is 45.2 Å². The fourth-order valence-electron chi connectivity index (χ4n) is 3.24. The Labute approximate surface area is 174 Å². The molecule has 28 heavy (non-hydrogen) atoms. The largest absolute Gasteiger partial charge is 0.466 e. The van der Waals surface area contributed by atoms with E-state index in [1.807, 2.05) is 36.6 Å². The van der Waals surface area contributed by atoms with Crippen molar-refractivity contribution < 1.29 is 19.2 Å². The first kappa shape index (κ1) is 21.0. The predicted molar refractivity (Wildman–Crippen MR) is 110 cm³/mol. The Kier molecular flexibility index (Phi) is 8.09. The van der Waals surface area contributed by atoms with Crippen LogP contribution in [0.2, 0.25) is 5.02 Å². The van der Waals surface area contributed by atoms with E-state index in [0.29, 0.717) is 11.6 Å². The molecular weight excluding hydrogens is 398 g/mol. The molecular formula is C20H27ClN3O3S+. The van der Waals surface area contributed by atoms with Crippen LogP contribution in [0.1, 0.15) is 19.0 Å². The number of esters is 1. The number of benzene rings is 1. The molecule has 0 saturated carbocycles. The SMILES string of the molecule is CCOC(=O)Cc1csc(=Nc2ccccc2Cl)n1CCC[NH+]1CCOCC1. The topological polar surface area (TPSA) is 57.3 Å². The minimum absolute atomic E-state index is 0.211. The van der Waals surface area contributed by atoms with E-state index >= 15 is 0 Å². The number of para-hydroxylation sites is 1. The molecule has 0 aliphatic carbocycles. The van der Waals surface area contributed by atoms with E-state index in [2.05, 4.69) is 4.57 Å². The summed E-state index contributed by atoms with van der Waals surface area (Å²) in [4.78, 5) is 19.2. The molecule has 1 aromatic carbocycles. The summed E-state index contributed by atoms with van der Waals surface area (Å²) in [5.74, 6) is -0.211. The van der Waals surface area contributed by atoms with Gasteiger partial charge in [0.15, 0.2) is 4.80 Å². The van der Waals surface area contributed by atoms with Gasteiger partial charge in [0, 0.05) is 24.0 Å². The van der Waals surface area contributed by atoms with E-state index < -0.39 is 0 Å². The number of rotatable bonds is 8. The number of carbonyl (C=O) groups excluding carboxylic acids is 1. The molecule has 152 valence electrons. The summed E-state index contributed by atoms with van der Waals surface area (Å²) in [6, 6.07) is 7.54. The average Bonchev–Trinajstić information content (AvgIpc) is 3.06. The van der Waals surface area contributed by atoms with Crippen LogP contribution in [0.15, 0.2) is 34.6 Å². The molecule has 0 bridgehead atoms. The summed E-state index contributed by atoms with van der Waals surface area (Å²) < 4.78 is 12.7. The highest BCUT2D eigenvalue weighted by Gasteiger charge is 2.15. The molecule has 1 aromatic heterocycles. The third-order valence-electron chi connectivity index (χ3n) is 4.69. The molecule has 8 heteroatoms.